The van der Waals surface area contributed by atoms with Crippen LogP contribution in [0.4, 0.5) is 34.1 Å². The monoisotopic (exact) mass is 816 g/mol. The molecule has 0 aliphatic heterocycles. The number of hydrogen-bond acceptors (Lipinski definition) is 2. The lowest BCUT2D eigenvalue weighted by Crippen LogP contribution is -2.26. The number of fused-ring (bicyclic) bond motifs is 15. The van der Waals surface area contributed by atoms with Crippen molar-refractivity contribution >= 4 is 44.9 Å². The van der Waals surface area contributed by atoms with Crippen LogP contribution in [0.2, 0.25) is 0 Å². The summed E-state index contributed by atoms with van der Waals surface area (Å²) in [5.41, 5.74) is 21.9. The van der Waals surface area contributed by atoms with Crippen molar-refractivity contribution in [3.63, 3.8) is 0 Å². The molecule has 0 saturated carbocycles. The Balaban J connectivity index is 1.13. The van der Waals surface area contributed by atoms with E-state index in [0.717, 1.165) is 28.4 Å². The molecule has 1 unspecified atom stereocenters. The van der Waals surface area contributed by atoms with Crippen molar-refractivity contribution in [3.8, 4) is 33.4 Å². The highest BCUT2D eigenvalue weighted by molar-refractivity contribution is 6.12. The standard InChI is InChI=1S/C62H44N2/c1-61(2)51-32-17-15-30-49(51)60-54(61)35-20-36-57(60)64(43-25-10-5-11-26-43)44-37-38-46-45-27-14-18-33-52(45)62(55(46)39-44)53-34-19-16-31-50(53)59-48-29-13-12-28-47(48)58(40-56(59)62)63(41-21-6-3-7-22-41)42-23-8-4-9-24-42/h3-40H,1-2H3. The van der Waals surface area contributed by atoms with Crippen molar-refractivity contribution in [1.82, 2.24) is 0 Å². The maximum atomic E-state index is 2.54. The first-order chi connectivity index (χ1) is 31.5. The van der Waals surface area contributed by atoms with Gasteiger partial charge >= 0.3 is 0 Å². The van der Waals surface area contributed by atoms with Crippen molar-refractivity contribution < 1.29 is 0 Å². The van der Waals surface area contributed by atoms with Crippen molar-refractivity contribution in [2.45, 2.75) is 24.7 Å². The third-order valence-corrected chi connectivity index (χ3v) is 14.4. The molecule has 10 aromatic rings. The SMILES string of the molecule is CC1(C)c2ccccc2-c2c(N(c3ccccc3)c3ccc4c(c3)C3(c5ccccc5-4)c4ccccc4-c4c3cc(N(c3ccccc3)c3ccccc3)c3ccccc43)cccc21. The average molecular weight is 817 g/mol. The summed E-state index contributed by atoms with van der Waals surface area (Å²) in [6.07, 6.45) is 0. The Kier molecular flexibility index (Phi) is 7.90. The van der Waals surface area contributed by atoms with Crippen molar-refractivity contribution in [2.75, 3.05) is 9.80 Å². The zero-order chi connectivity index (χ0) is 42.6. The third-order valence-electron chi connectivity index (χ3n) is 14.4. The van der Waals surface area contributed by atoms with Crippen LogP contribution in [0.25, 0.3) is 44.2 Å². The Morgan fingerprint density at radius 2 is 0.750 bits per heavy atom. The minimum Gasteiger partial charge on any atom is -0.310 e. The van der Waals surface area contributed by atoms with Gasteiger partial charge in [0.2, 0.25) is 0 Å². The minimum absolute atomic E-state index is 0.126. The highest BCUT2D eigenvalue weighted by Gasteiger charge is 2.53. The Hall–Kier alpha value is -7.94. The summed E-state index contributed by atoms with van der Waals surface area (Å²) in [4.78, 5) is 4.96. The van der Waals surface area contributed by atoms with E-state index in [1.807, 2.05) is 0 Å². The maximum Gasteiger partial charge on any atom is 0.0727 e. The highest BCUT2D eigenvalue weighted by Crippen LogP contribution is 2.66. The van der Waals surface area contributed by atoms with Crippen LogP contribution in [0, 0.1) is 0 Å². The van der Waals surface area contributed by atoms with Crippen molar-refractivity contribution in [1.29, 1.82) is 0 Å². The summed E-state index contributed by atoms with van der Waals surface area (Å²) in [6, 6.07) is 85.8. The van der Waals surface area contributed by atoms with Crippen LogP contribution in [0.5, 0.6) is 0 Å². The van der Waals surface area contributed by atoms with Gasteiger partial charge in [-0.3, -0.25) is 0 Å². The van der Waals surface area contributed by atoms with Gasteiger partial charge in [0, 0.05) is 39.1 Å². The Morgan fingerprint density at radius 3 is 1.39 bits per heavy atom. The van der Waals surface area contributed by atoms with Crippen molar-refractivity contribution in [2.24, 2.45) is 0 Å². The lowest BCUT2D eigenvalue weighted by Gasteiger charge is -2.34. The molecule has 0 fully saturated rings. The Labute approximate surface area is 375 Å². The van der Waals surface area contributed by atoms with E-state index in [-0.39, 0.29) is 5.41 Å². The molecule has 1 spiro atoms. The van der Waals surface area contributed by atoms with Gasteiger partial charge in [0.05, 0.1) is 16.8 Å². The predicted octanol–water partition coefficient (Wildman–Crippen LogP) is 16.4. The first kappa shape index (κ1) is 36.7. The van der Waals surface area contributed by atoms with Crippen LogP contribution in [-0.2, 0) is 10.8 Å². The van der Waals surface area contributed by atoms with Gasteiger partial charge in [-0.15, -0.1) is 0 Å². The number of anilines is 6. The zero-order valence-corrected chi connectivity index (χ0v) is 35.8. The topological polar surface area (TPSA) is 6.48 Å². The largest absolute Gasteiger partial charge is 0.310 e. The molecule has 0 aromatic heterocycles. The molecule has 0 bridgehead atoms. The van der Waals surface area contributed by atoms with E-state index >= 15 is 0 Å². The normalized spacial score (nSPS) is 15.5. The minimum atomic E-state index is -0.596. The number of benzene rings is 10. The second-order valence-corrected chi connectivity index (χ2v) is 18.0. The van der Waals surface area contributed by atoms with E-state index < -0.39 is 5.41 Å². The summed E-state index contributed by atoms with van der Waals surface area (Å²) in [5.74, 6) is 0. The van der Waals surface area contributed by atoms with Gasteiger partial charge in [0.1, 0.15) is 0 Å². The lowest BCUT2D eigenvalue weighted by atomic mass is 9.70. The molecule has 13 rings (SSSR count). The van der Waals surface area contributed by atoms with Gasteiger partial charge in [0.15, 0.2) is 0 Å². The average Bonchev–Trinajstić information content (AvgIpc) is 3.91. The molecule has 0 N–H and O–H groups in total. The summed E-state index contributed by atoms with van der Waals surface area (Å²) < 4.78 is 0. The van der Waals surface area contributed by atoms with Gasteiger partial charge < -0.3 is 9.80 Å². The van der Waals surface area contributed by atoms with Crippen LogP contribution < -0.4 is 9.80 Å². The van der Waals surface area contributed by atoms with E-state index in [4.69, 9.17) is 0 Å². The zero-order valence-electron chi connectivity index (χ0n) is 35.8. The molecule has 10 aromatic carbocycles. The van der Waals surface area contributed by atoms with E-state index in [0.29, 0.717) is 0 Å². The maximum absolute atomic E-state index is 2.54. The predicted molar refractivity (Wildman–Crippen MR) is 267 cm³/mol. The van der Waals surface area contributed by atoms with E-state index in [1.165, 1.54) is 83.2 Å². The molecule has 64 heavy (non-hydrogen) atoms. The van der Waals surface area contributed by atoms with Gasteiger partial charge in [-0.25, -0.2) is 0 Å². The quantitative estimate of drug-likeness (QED) is 0.165. The van der Waals surface area contributed by atoms with E-state index in [2.05, 4.69) is 254 Å². The van der Waals surface area contributed by atoms with Crippen LogP contribution in [0.3, 0.4) is 0 Å². The summed E-state index contributed by atoms with van der Waals surface area (Å²) in [6.45, 7) is 4.74. The molecule has 0 saturated heterocycles. The Bertz CT molecular complexity index is 3440. The van der Waals surface area contributed by atoms with E-state index in [1.54, 1.807) is 0 Å². The van der Waals surface area contributed by atoms with Crippen LogP contribution in [0.15, 0.2) is 231 Å². The van der Waals surface area contributed by atoms with Crippen LogP contribution in [-0.4, -0.2) is 0 Å². The lowest BCUT2D eigenvalue weighted by molar-refractivity contribution is 0.660. The molecule has 2 heteroatoms. The smallest absolute Gasteiger partial charge is 0.0727 e. The molecule has 1 atom stereocenters. The number of para-hydroxylation sites is 3. The van der Waals surface area contributed by atoms with Gasteiger partial charge in [0.25, 0.3) is 0 Å². The summed E-state index contributed by atoms with van der Waals surface area (Å²) in [5, 5.41) is 2.47. The highest BCUT2D eigenvalue weighted by atomic mass is 15.2. The van der Waals surface area contributed by atoms with Gasteiger partial charge in [-0.05, 0) is 127 Å². The molecular weight excluding hydrogens is 773 g/mol. The van der Waals surface area contributed by atoms with Crippen molar-refractivity contribution in [3.05, 3.63) is 264 Å². The first-order valence-electron chi connectivity index (χ1n) is 22.4. The fourth-order valence-electron chi connectivity index (χ4n) is 11.8. The molecule has 0 heterocycles. The molecular formula is C62H44N2. The molecule has 302 valence electrons. The fraction of sp³-hybridized carbons (Fsp3) is 0.0645. The summed E-state index contributed by atoms with van der Waals surface area (Å²) in [7, 11) is 0. The number of rotatable bonds is 6. The first-order valence-corrected chi connectivity index (χ1v) is 22.4. The summed E-state index contributed by atoms with van der Waals surface area (Å²) >= 11 is 0. The van der Waals surface area contributed by atoms with E-state index in [9.17, 15) is 0 Å². The van der Waals surface area contributed by atoms with Crippen LogP contribution in [0.1, 0.15) is 47.2 Å². The van der Waals surface area contributed by atoms with Crippen LogP contribution >= 0.6 is 0 Å². The number of hydrogen-bond donors (Lipinski definition) is 0. The molecule has 0 amide bonds. The fourth-order valence-corrected chi connectivity index (χ4v) is 11.8. The van der Waals surface area contributed by atoms with Gasteiger partial charge in [-0.2, -0.15) is 0 Å². The molecule has 0 radical (unpaired) electrons. The third kappa shape index (κ3) is 4.97. The molecule has 2 nitrogen and oxygen atoms in total. The second kappa shape index (κ2) is 13.8. The second-order valence-electron chi connectivity index (χ2n) is 18.0. The molecule has 3 aliphatic carbocycles. The molecule has 3 aliphatic rings. The van der Waals surface area contributed by atoms with Gasteiger partial charge in [-0.1, -0.05) is 184 Å². The Morgan fingerprint density at radius 1 is 0.281 bits per heavy atom. The number of nitrogens with zero attached hydrogens (tertiary/aromatic N) is 2.